The van der Waals surface area contributed by atoms with Crippen molar-refractivity contribution in [3.05, 3.63) is 29.8 Å². The number of rotatable bonds is 5. The first-order valence-corrected chi connectivity index (χ1v) is 10.3. The van der Waals surface area contributed by atoms with Crippen LogP contribution in [-0.4, -0.2) is 30.7 Å². The van der Waals surface area contributed by atoms with E-state index in [1.54, 1.807) is 0 Å². The first kappa shape index (κ1) is 19.7. The van der Waals surface area contributed by atoms with E-state index in [0.29, 0.717) is 13.2 Å². The van der Waals surface area contributed by atoms with Gasteiger partial charge >= 0.3 is 6.03 Å². The Balaban J connectivity index is 1.44. The van der Waals surface area contributed by atoms with Gasteiger partial charge in [0.05, 0.1) is 0 Å². The average molecular weight is 373 g/mol. The standard InChI is InChI=1S/C21H31N3O3/c25-20(19-12-7-13-27-19)23-18-11-6-8-16(14-18)15-22-21(26)24-17-9-4-2-1-3-5-10-17/h6,8,11,14,17,19H,1-5,7,9-10,12-13,15H2,(H,23,25)(H2,22,24,26). The highest BCUT2D eigenvalue weighted by atomic mass is 16.5. The van der Waals surface area contributed by atoms with Gasteiger partial charge < -0.3 is 20.7 Å². The van der Waals surface area contributed by atoms with Gasteiger partial charge in [-0.15, -0.1) is 0 Å². The van der Waals surface area contributed by atoms with Crippen LogP contribution in [0.15, 0.2) is 24.3 Å². The lowest BCUT2D eigenvalue weighted by Gasteiger charge is -2.21. The molecule has 1 unspecified atom stereocenters. The minimum Gasteiger partial charge on any atom is -0.368 e. The molecule has 2 fully saturated rings. The molecule has 1 atom stereocenters. The van der Waals surface area contributed by atoms with E-state index in [1.165, 1.54) is 32.1 Å². The van der Waals surface area contributed by atoms with Crippen LogP contribution >= 0.6 is 0 Å². The number of carbonyl (C=O) groups is 2. The summed E-state index contributed by atoms with van der Waals surface area (Å²) in [6, 6.07) is 7.73. The summed E-state index contributed by atoms with van der Waals surface area (Å²) < 4.78 is 5.41. The van der Waals surface area contributed by atoms with E-state index in [1.807, 2.05) is 24.3 Å². The minimum absolute atomic E-state index is 0.0976. The van der Waals surface area contributed by atoms with E-state index in [-0.39, 0.29) is 24.1 Å². The summed E-state index contributed by atoms with van der Waals surface area (Å²) in [5.74, 6) is -0.0976. The van der Waals surface area contributed by atoms with Gasteiger partial charge in [0.25, 0.3) is 5.91 Å². The van der Waals surface area contributed by atoms with Crippen LogP contribution in [0.5, 0.6) is 0 Å². The van der Waals surface area contributed by atoms with Crippen LogP contribution in [-0.2, 0) is 16.1 Å². The maximum absolute atomic E-state index is 12.2. The lowest BCUT2D eigenvalue weighted by atomic mass is 9.97. The molecule has 6 nitrogen and oxygen atoms in total. The highest BCUT2D eigenvalue weighted by Gasteiger charge is 2.23. The number of benzene rings is 1. The van der Waals surface area contributed by atoms with Gasteiger partial charge in [0.2, 0.25) is 0 Å². The molecule has 1 heterocycles. The highest BCUT2D eigenvalue weighted by molar-refractivity contribution is 5.94. The fourth-order valence-corrected chi connectivity index (χ4v) is 3.79. The third-order valence-electron chi connectivity index (χ3n) is 5.31. The smallest absolute Gasteiger partial charge is 0.315 e. The molecular formula is C21H31N3O3. The molecule has 0 bridgehead atoms. The Labute approximate surface area is 161 Å². The number of hydrogen-bond acceptors (Lipinski definition) is 3. The summed E-state index contributed by atoms with van der Waals surface area (Å²) in [6.07, 6.45) is 9.73. The monoisotopic (exact) mass is 373 g/mol. The van der Waals surface area contributed by atoms with Gasteiger partial charge in [-0.1, -0.05) is 44.2 Å². The molecule has 1 aromatic rings. The summed E-state index contributed by atoms with van der Waals surface area (Å²) in [4.78, 5) is 24.4. The molecule has 0 aromatic heterocycles. The zero-order chi connectivity index (χ0) is 18.9. The van der Waals surface area contributed by atoms with Crippen molar-refractivity contribution < 1.29 is 14.3 Å². The number of anilines is 1. The number of ether oxygens (including phenoxy) is 1. The molecule has 1 saturated heterocycles. The van der Waals surface area contributed by atoms with E-state index in [9.17, 15) is 9.59 Å². The second-order valence-corrected chi connectivity index (χ2v) is 7.56. The summed E-state index contributed by atoms with van der Waals surface area (Å²) in [7, 11) is 0. The zero-order valence-corrected chi connectivity index (χ0v) is 16.0. The lowest BCUT2D eigenvalue weighted by Crippen LogP contribution is -2.42. The molecular weight excluding hydrogens is 342 g/mol. The Morgan fingerprint density at radius 2 is 1.78 bits per heavy atom. The third-order valence-corrected chi connectivity index (χ3v) is 5.31. The fourth-order valence-electron chi connectivity index (χ4n) is 3.79. The van der Waals surface area contributed by atoms with E-state index < -0.39 is 0 Å². The Hall–Kier alpha value is -2.08. The molecule has 0 spiro atoms. The largest absolute Gasteiger partial charge is 0.368 e. The number of nitrogens with one attached hydrogen (secondary N) is 3. The molecule has 1 aliphatic heterocycles. The van der Waals surface area contributed by atoms with Crippen LogP contribution in [0, 0.1) is 0 Å². The van der Waals surface area contributed by atoms with Crippen LogP contribution in [0.4, 0.5) is 10.5 Å². The molecule has 1 aromatic carbocycles. The predicted octanol–water partition coefficient (Wildman–Crippen LogP) is 3.72. The zero-order valence-electron chi connectivity index (χ0n) is 16.0. The number of hydrogen-bond donors (Lipinski definition) is 3. The van der Waals surface area contributed by atoms with Crippen LogP contribution in [0.3, 0.4) is 0 Å². The Morgan fingerprint density at radius 3 is 2.52 bits per heavy atom. The molecule has 2 aliphatic rings. The van der Waals surface area contributed by atoms with E-state index >= 15 is 0 Å². The number of urea groups is 1. The van der Waals surface area contributed by atoms with Crippen molar-refractivity contribution in [3.63, 3.8) is 0 Å². The van der Waals surface area contributed by atoms with Crippen LogP contribution in [0.1, 0.15) is 63.4 Å². The number of amides is 3. The van der Waals surface area contributed by atoms with Crippen molar-refractivity contribution in [2.75, 3.05) is 11.9 Å². The summed E-state index contributed by atoms with van der Waals surface area (Å²) in [5, 5.41) is 8.93. The molecule has 27 heavy (non-hydrogen) atoms. The van der Waals surface area contributed by atoms with Crippen LogP contribution < -0.4 is 16.0 Å². The van der Waals surface area contributed by atoms with Gasteiger partial charge in [-0.05, 0) is 43.4 Å². The second-order valence-electron chi connectivity index (χ2n) is 7.56. The highest BCUT2D eigenvalue weighted by Crippen LogP contribution is 2.18. The first-order chi connectivity index (χ1) is 13.2. The Kier molecular flexibility index (Phi) is 7.51. The predicted molar refractivity (Wildman–Crippen MR) is 106 cm³/mol. The van der Waals surface area contributed by atoms with Gasteiger partial charge in [-0.25, -0.2) is 4.79 Å². The van der Waals surface area contributed by atoms with Crippen molar-refractivity contribution in [1.82, 2.24) is 10.6 Å². The minimum atomic E-state index is -0.346. The molecule has 0 radical (unpaired) electrons. The SMILES string of the molecule is O=C(NCc1cccc(NC(=O)C2CCCO2)c1)NC1CCCCCCC1. The molecule has 148 valence electrons. The molecule has 6 heteroatoms. The maximum atomic E-state index is 12.2. The first-order valence-electron chi connectivity index (χ1n) is 10.3. The van der Waals surface area contributed by atoms with Crippen LogP contribution in [0.2, 0.25) is 0 Å². The Bertz CT molecular complexity index is 621. The van der Waals surface area contributed by atoms with Crippen molar-refractivity contribution in [2.45, 2.75) is 76.5 Å². The molecule has 1 aliphatic carbocycles. The van der Waals surface area contributed by atoms with E-state index in [2.05, 4.69) is 16.0 Å². The van der Waals surface area contributed by atoms with Crippen LogP contribution in [0.25, 0.3) is 0 Å². The van der Waals surface area contributed by atoms with Crippen molar-refractivity contribution in [2.24, 2.45) is 0 Å². The lowest BCUT2D eigenvalue weighted by molar-refractivity contribution is -0.124. The Morgan fingerprint density at radius 1 is 1.00 bits per heavy atom. The normalized spacial score (nSPS) is 21.1. The topological polar surface area (TPSA) is 79.5 Å². The van der Waals surface area contributed by atoms with Crippen molar-refractivity contribution >= 4 is 17.6 Å². The summed E-state index contributed by atoms with van der Waals surface area (Å²) in [6.45, 7) is 1.08. The third kappa shape index (κ3) is 6.54. The van der Waals surface area contributed by atoms with E-state index in [0.717, 1.165) is 36.9 Å². The van der Waals surface area contributed by atoms with Crippen molar-refractivity contribution in [3.8, 4) is 0 Å². The molecule has 3 N–H and O–H groups in total. The van der Waals surface area contributed by atoms with Gasteiger partial charge in [-0.3, -0.25) is 4.79 Å². The molecule has 1 saturated carbocycles. The van der Waals surface area contributed by atoms with Gasteiger partial charge in [0, 0.05) is 24.9 Å². The van der Waals surface area contributed by atoms with E-state index in [4.69, 9.17) is 4.74 Å². The average Bonchev–Trinajstić information content (AvgIpc) is 3.17. The number of carbonyl (C=O) groups excluding carboxylic acids is 2. The summed E-state index contributed by atoms with van der Waals surface area (Å²) in [5.41, 5.74) is 1.68. The molecule has 3 rings (SSSR count). The van der Waals surface area contributed by atoms with Gasteiger partial charge in [0.15, 0.2) is 0 Å². The van der Waals surface area contributed by atoms with Crippen molar-refractivity contribution in [1.29, 1.82) is 0 Å². The second kappa shape index (κ2) is 10.3. The maximum Gasteiger partial charge on any atom is 0.315 e. The quantitative estimate of drug-likeness (QED) is 0.736. The molecule has 3 amide bonds. The fraction of sp³-hybridized carbons (Fsp3) is 0.619. The van der Waals surface area contributed by atoms with Gasteiger partial charge in [0.1, 0.15) is 6.10 Å². The van der Waals surface area contributed by atoms with Gasteiger partial charge in [-0.2, -0.15) is 0 Å². The summed E-state index contributed by atoms with van der Waals surface area (Å²) >= 11 is 0.